The molecule has 0 saturated carbocycles. The fourth-order valence-corrected chi connectivity index (χ4v) is 3.10. The highest BCUT2D eigenvalue weighted by molar-refractivity contribution is 5.85. The molecule has 0 radical (unpaired) electrons. The third kappa shape index (κ3) is 4.71. The van der Waals surface area contributed by atoms with Crippen LogP contribution < -0.4 is 0 Å². The molecule has 0 amide bonds. The van der Waals surface area contributed by atoms with Gasteiger partial charge >= 0.3 is 0 Å². The molecule has 5 heteroatoms. The minimum absolute atomic E-state index is 0. The van der Waals surface area contributed by atoms with E-state index < -0.39 is 6.10 Å². The Bertz CT molecular complexity index is 600. The number of rotatable bonds is 5. The Labute approximate surface area is 149 Å². The molecule has 2 aromatic rings. The summed E-state index contributed by atoms with van der Waals surface area (Å²) in [5.41, 5.74) is 2.04. The summed E-state index contributed by atoms with van der Waals surface area (Å²) in [6.07, 6.45) is 0.178. The van der Waals surface area contributed by atoms with E-state index in [0.717, 1.165) is 25.1 Å². The van der Waals surface area contributed by atoms with Crippen molar-refractivity contribution < 1.29 is 14.9 Å². The maximum Gasteiger partial charge on any atom is 0.115 e. The zero-order chi connectivity index (χ0) is 16.1. The largest absolute Gasteiger partial charge is 0.508 e. The minimum Gasteiger partial charge on any atom is -0.508 e. The van der Waals surface area contributed by atoms with Gasteiger partial charge in [0.1, 0.15) is 5.75 Å². The van der Waals surface area contributed by atoms with Crippen LogP contribution in [0.2, 0.25) is 0 Å². The molecule has 1 saturated heterocycles. The summed E-state index contributed by atoms with van der Waals surface area (Å²) in [6.45, 7) is 3.06. The van der Waals surface area contributed by atoms with E-state index in [9.17, 15) is 10.2 Å². The quantitative estimate of drug-likeness (QED) is 0.871. The number of nitrogens with zero attached hydrogens (tertiary/aromatic N) is 1. The number of halogens is 1. The van der Waals surface area contributed by atoms with Gasteiger partial charge in [-0.15, -0.1) is 12.4 Å². The third-order valence-corrected chi connectivity index (χ3v) is 4.40. The zero-order valence-electron chi connectivity index (χ0n) is 13.5. The second-order valence-corrected chi connectivity index (χ2v) is 5.94. The number of morpholine rings is 1. The van der Waals surface area contributed by atoms with Crippen LogP contribution in [0.5, 0.6) is 5.75 Å². The Morgan fingerprint density at radius 3 is 2.21 bits per heavy atom. The van der Waals surface area contributed by atoms with Crippen molar-refractivity contribution in [2.24, 2.45) is 0 Å². The van der Waals surface area contributed by atoms with Crippen molar-refractivity contribution in [1.82, 2.24) is 4.90 Å². The number of aliphatic hydroxyl groups is 1. The van der Waals surface area contributed by atoms with Gasteiger partial charge < -0.3 is 14.9 Å². The van der Waals surface area contributed by atoms with Gasteiger partial charge in [0.15, 0.2) is 0 Å². The van der Waals surface area contributed by atoms with E-state index in [0.29, 0.717) is 13.2 Å². The lowest BCUT2D eigenvalue weighted by atomic mass is 9.94. The molecule has 2 atom stereocenters. The second kappa shape index (κ2) is 9.04. The van der Waals surface area contributed by atoms with Crippen LogP contribution in [0.15, 0.2) is 54.6 Å². The molecule has 0 bridgehead atoms. The minimum atomic E-state index is -0.603. The predicted octanol–water partition coefficient (Wildman–Crippen LogP) is 2.79. The van der Waals surface area contributed by atoms with Crippen molar-refractivity contribution in [3.8, 4) is 5.75 Å². The number of phenols is 1. The van der Waals surface area contributed by atoms with Gasteiger partial charge in [-0.25, -0.2) is 0 Å². The first-order valence-corrected chi connectivity index (χ1v) is 8.07. The van der Waals surface area contributed by atoms with Crippen LogP contribution in [-0.2, 0) is 11.2 Å². The maximum atomic E-state index is 10.9. The molecule has 1 heterocycles. The Kier molecular flexibility index (Phi) is 7.06. The van der Waals surface area contributed by atoms with Gasteiger partial charge in [-0.1, -0.05) is 42.5 Å². The maximum absolute atomic E-state index is 10.9. The third-order valence-electron chi connectivity index (χ3n) is 4.40. The molecule has 130 valence electrons. The molecule has 3 rings (SSSR count). The molecule has 4 nitrogen and oxygen atoms in total. The summed E-state index contributed by atoms with van der Waals surface area (Å²) in [4.78, 5) is 2.30. The number of ether oxygens (including phenoxy) is 1. The monoisotopic (exact) mass is 349 g/mol. The zero-order valence-corrected chi connectivity index (χ0v) is 14.4. The molecule has 2 aromatic carbocycles. The molecular weight excluding hydrogens is 326 g/mol. The molecule has 2 unspecified atom stereocenters. The summed E-state index contributed by atoms with van der Waals surface area (Å²) in [5.74, 6) is 0.215. The Balaban J connectivity index is 0.00000208. The summed E-state index contributed by atoms with van der Waals surface area (Å²) in [6, 6.07) is 17.1. The molecule has 1 fully saturated rings. The summed E-state index contributed by atoms with van der Waals surface area (Å²) < 4.78 is 5.44. The molecule has 24 heavy (non-hydrogen) atoms. The first-order valence-electron chi connectivity index (χ1n) is 8.07. The van der Waals surface area contributed by atoms with Crippen LogP contribution in [0.4, 0.5) is 0 Å². The topological polar surface area (TPSA) is 52.9 Å². The van der Waals surface area contributed by atoms with E-state index in [1.165, 1.54) is 5.56 Å². The van der Waals surface area contributed by atoms with Crippen LogP contribution >= 0.6 is 12.4 Å². The van der Waals surface area contributed by atoms with Crippen molar-refractivity contribution in [2.75, 3.05) is 26.3 Å². The Morgan fingerprint density at radius 1 is 0.958 bits per heavy atom. The van der Waals surface area contributed by atoms with Gasteiger partial charge in [-0.3, -0.25) is 4.90 Å². The lowest BCUT2D eigenvalue weighted by molar-refractivity contribution is -0.0224. The van der Waals surface area contributed by atoms with E-state index in [1.807, 2.05) is 18.2 Å². The molecular formula is C19H24ClNO3. The number of aromatic hydroxyl groups is 1. The Hall–Kier alpha value is -1.59. The van der Waals surface area contributed by atoms with Gasteiger partial charge in [0.05, 0.1) is 19.3 Å². The fraction of sp³-hybridized carbons (Fsp3) is 0.368. The van der Waals surface area contributed by atoms with Crippen LogP contribution in [0.1, 0.15) is 17.2 Å². The first-order chi connectivity index (χ1) is 11.2. The smallest absolute Gasteiger partial charge is 0.115 e. The average molecular weight is 350 g/mol. The molecule has 2 N–H and O–H groups in total. The van der Waals surface area contributed by atoms with Gasteiger partial charge in [-0.05, 0) is 29.7 Å². The normalized spacial score (nSPS) is 17.7. The van der Waals surface area contributed by atoms with Gasteiger partial charge in [0.2, 0.25) is 0 Å². The second-order valence-electron chi connectivity index (χ2n) is 5.94. The standard InChI is InChI=1S/C19H23NO3.ClH/c21-17-8-6-16(7-9-17)19(22)18(20-10-12-23-13-11-20)14-15-4-2-1-3-5-15;/h1-9,18-19,21-22H,10-14H2;1H. The van der Waals surface area contributed by atoms with Crippen molar-refractivity contribution in [3.63, 3.8) is 0 Å². The van der Waals surface area contributed by atoms with Crippen molar-refractivity contribution in [1.29, 1.82) is 0 Å². The number of phenolic OH excluding ortho intramolecular Hbond substituents is 1. The number of hydrogen-bond acceptors (Lipinski definition) is 4. The molecule has 1 aliphatic heterocycles. The van der Waals surface area contributed by atoms with Crippen LogP contribution in [-0.4, -0.2) is 47.5 Å². The molecule has 0 aromatic heterocycles. The SMILES string of the molecule is Cl.Oc1ccc(C(O)C(Cc2ccccc2)N2CCOCC2)cc1. The van der Waals surface area contributed by atoms with E-state index in [1.54, 1.807) is 24.3 Å². The highest BCUT2D eigenvalue weighted by atomic mass is 35.5. The van der Waals surface area contributed by atoms with Gasteiger partial charge in [0.25, 0.3) is 0 Å². The van der Waals surface area contributed by atoms with E-state index in [2.05, 4.69) is 17.0 Å². The number of aliphatic hydroxyl groups excluding tert-OH is 1. The molecule has 1 aliphatic rings. The predicted molar refractivity (Wildman–Crippen MR) is 96.6 cm³/mol. The van der Waals surface area contributed by atoms with E-state index in [-0.39, 0.29) is 24.2 Å². The summed E-state index contributed by atoms with van der Waals surface area (Å²) >= 11 is 0. The van der Waals surface area contributed by atoms with Crippen LogP contribution in [0, 0.1) is 0 Å². The van der Waals surface area contributed by atoms with Crippen LogP contribution in [0.3, 0.4) is 0 Å². The van der Waals surface area contributed by atoms with Crippen molar-refractivity contribution >= 4 is 12.4 Å². The van der Waals surface area contributed by atoms with Gasteiger partial charge in [0, 0.05) is 19.1 Å². The lowest BCUT2D eigenvalue weighted by Crippen LogP contribution is -2.47. The summed E-state index contributed by atoms with van der Waals surface area (Å²) in [5, 5.41) is 20.4. The molecule has 0 aliphatic carbocycles. The number of hydrogen-bond donors (Lipinski definition) is 2. The van der Waals surface area contributed by atoms with Crippen molar-refractivity contribution in [2.45, 2.75) is 18.6 Å². The number of benzene rings is 2. The lowest BCUT2D eigenvalue weighted by Gasteiger charge is -2.37. The highest BCUT2D eigenvalue weighted by Gasteiger charge is 2.28. The van der Waals surface area contributed by atoms with Crippen LogP contribution in [0.25, 0.3) is 0 Å². The first kappa shape index (κ1) is 18.7. The van der Waals surface area contributed by atoms with Crippen molar-refractivity contribution in [3.05, 3.63) is 65.7 Å². The Morgan fingerprint density at radius 2 is 1.58 bits per heavy atom. The highest BCUT2D eigenvalue weighted by Crippen LogP contribution is 2.26. The van der Waals surface area contributed by atoms with E-state index in [4.69, 9.17) is 4.74 Å². The average Bonchev–Trinajstić information content (AvgIpc) is 2.61. The van der Waals surface area contributed by atoms with E-state index >= 15 is 0 Å². The fourth-order valence-electron chi connectivity index (χ4n) is 3.10. The summed E-state index contributed by atoms with van der Waals surface area (Å²) in [7, 11) is 0. The molecule has 0 spiro atoms. The van der Waals surface area contributed by atoms with Gasteiger partial charge in [-0.2, -0.15) is 0 Å².